The van der Waals surface area contributed by atoms with Crippen LogP contribution in [0.5, 0.6) is 0 Å². The SMILES string of the molecule is C(#C[C@@H]1N[C@H](COCc2ccccc2)[C@@H](OCc2ccccc2)[C@H](OCc2ccccc2)[C@H]1OCc1ccccc1)CCCCOCC12CC3CC(CC(C3)C1)C2. The van der Waals surface area contributed by atoms with E-state index in [-0.39, 0.29) is 18.2 Å². The van der Waals surface area contributed by atoms with E-state index in [9.17, 15) is 0 Å². The fourth-order valence-electron chi connectivity index (χ4n) is 10.4. The average molecular weight is 768 g/mol. The Kier molecular flexibility index (Phi) is 14.2. The van der Waals surface area contributed by atoms with Crippen molar-refractivity contribution >= 4 is 0 Å². The maximum atomic E-state index is 6.93. The van der Waals surface area contributed by atoms with Gasteiger partial charge in [-0.15, -0.1) is 5.92 Å². The van der Waals surface area contributed by atoms with Gasteiger partial charge in [-0.2, -0.15) is 0 Å². The number of piperidine rings is 1. The molecule has 4 aromatic carbocycles. The zero-order valence-corrected chi connectivity index (χ0v) is 33.5. The minimum Gasteiger partial charge on any atom is -0.381 e. The second-order valence-corrected chi connectivity index (χ2v) is 17.3. The Morgan fingerprint density at radius 1 is 0.526 bits per heavy atom. The number of hydrogen-bond acceptors (Lipinski definition) is 6. The first-order valence-corrected chi connectivity index (χ1v) is 21.6. The molecule has 9 rings (SSSR count). The first kappa shape index (κ1) is 40.0. The molecule has 0 spiro atoms. The molecule has 4 saturated carbocycles. The lowest BCUT2D eigenvalue weighted by atomic mass is 9.50. The molecular weight excluding hydrogens is 707 g/mol. The third kappa shape index (κ3) is 11.2. The van der Waals surface area contributed by atoms with Crippen LogP contribution in [0.1, 0.15) is 80.0 Å². The van der Waals surface area contributed by atoms with E-state index in [1.165, 1.54) is 38.5 Å². The molecule has 4 aliphatic carbocycles. The third-order valence-corrected chi connectivity index (χ3v) is 12.7. The molecule has 0 unspecified atom stereocenters. The van der Waals surface area contributed by atoms with Crippen LogP contribution in [0, 0.1) is 35.0 Å². The van der Waals surface area contributed by atoms with E-state index in [0.717, 1.165) is 72.5 Å². The largest absolute Gasteiger partial charge is 0.381 e. The number of benzene rings is 4. The molecule has 1 saturated heterocycles. The van der Waals surface area contributed by atoms with E-state index >= 15 is 0 Å². The van der Waals surface area contributed by atoms with Crippen molar-refractivity contribution in [2.45, 2.75) is 115 Å². The molecule has 5 aliphatic rings. The summed E-state index contributed by atoms with van der Waals surface area (Å²) in [5, 5.41) is 3.86. The van der Waals surface area contributed by atoms with Crippen molar-refractivity contribution in [2.75, 3.05) is 19.8 Å². The fourth-order valence-corrected chi connectivity index (χ4v) is 10.4. The molecule has 4 aromatic rings. The Hall–Kier alpha value is -3.80. The van der Waals surface area contributed by atoms with Gasteiger partial charge < -0.3 is 23.7 Å². The second-order valence-electron chi connectivity index (χ2n) is 17.3. The molecule has 5 atom stereocenters. The van der Waals surface area contributed by atoms with Gasteiger partial charge in [-0.05, 0) is 96.8 Å². The highest BCUT2D eigenvalue weighted by Crippen LogP contribution is 2.60. The topological polar surface area (TPSA) is 58.2 Å². The Morgan fingerprint density at radius 3 is 1.53 bits per heavy atom. The Morgan fingerprint density at radius 2 is 1.00 bits per heavy atom. The normalized spacial score (nSPS) is 28.8. The Bertz CT molecular complexity index is 1790. The molecule has 0 aromatic heterocycles. The van der Waals surface area contributed by atoms with Crippen LogP contribution in [-0.4, -0.2) is 50.2 Å². The van der Waals surface area contributed by atoms with Crippen LogP contribution in [0.3, 0.4) is 0 Å². The average Bonchev–Trinajstić information content (AvgIpc) is 3.24. The quantitative estimate of drug-likeness (QED) is 0.0758. The van der Waals surface area contributed by atoms with Crippen LogP contribution in [-0.2, 0) is 50.1 Å². The fraction of sp³-hybridized carbons (Fsp3) is 0.490. The van der Waals surface area contributed by atoms with E-state index in [2.05, 4.69) is 102 Å². The van der Waals surface area contributed by atoms with Gasteiger partial charge in [-0.25, -0.2) is 0 Å². The molecule has 0 radical (unpaired) electrons. The summed E-state index contributed by atoms with van der Waals surface area (Å²) >= 11 is 0. The maximum Gasteiger partial charge on any atom is 0.114 e. The van der Waals surface area contributed by atoms with Crippen LogP contribution < -0.4 is 5.32 Å². The van der Waals surface area contributed by atoms with Gasteiger partial charge in [0.15, 0.2) is 0 Å². The molecule has 0 amide bonds. The molecule has 4 bridgehead atoms. The molecule has 57 heavy (non-hydrogen) atoms. The van der Waals surface area contributed by atoms with Gasteiger partial charge in [0.05, 0.1) is 51.7 Å². The molecular formula is C51H61NO5. The Balaban J connectivity index is 0.969. The standard InChI is InChI=1S/C51H61NO5/c1(2-16-26-53-38-51-30-43-27-44(31-51)29-45(28-43)32-51)15-25-46-48(55-34-40-19-9-4-10-20-40)50(57-36-42-23-13-6-14-24-42)49(56-35-41-21-11-5-12-22-41)47(52-46)37-54-33-39-17-7-3-8-18-39/h3-14,17-24,43-50,52H,1-2,16,26-38H2/t43?,44?,45?,46-,47+,48-,49+,50+,51?/m0/s1. The number of hydrogen-bond donors (Lipinski definition) is 1. The van der Waals surface area contributed by atoms with E-state index < -0.39 is 12.2 Å². The van der Waals surface area contributed by atoms with Gasteiger partial charge in [0.25, 0.3) is 0 Å². The first-order valence-electron chi connectivity index (χ1n) is 21.6. The van der Waals surface area contributed by atoms with Crippen LogP contribution in [0.4, 0.5) is 0 Å². The van der Waals surface area contributed by atoms with Gasteiger partial charge in [-0.1, -0.05) is 127 Å². The molecule has 6 nitrogen and oxygen atoms in total. The second kappa shape index (κ2) is 20.3. The monoisotopic (exact) mass is 767 g/mol. The third-order valence-electron chi connectivity index (χ3n) is 12.7. The summed E-state index contributed by atoms with van der Waals surface area (Å²) < 4.78 is 33.5. The van der Waals surface area contributed by atoms with Crippen molar-refractivity contribution in [2.24, 2.45) is 23.2 Å². The van der Waals surface area contributed by atoms with Gasteiger partial charge in [0.1, 0.15) is 18.3 Å². The molecule has 300 valence electrons. The van der Waals surface area contributed by atoms with Crippen molar-refractivity contribution in [1.29, 1.82) is 0 Å². The summed E-state index contributed by atoms with van der Waals surface area (Å²) in [7, 11) is 0. The number of rotatable bonds is 19. The highest BCUT2D eigenvalue weighted by Gasteiger charge is 2.51. The first-order chi connectivity index (χ1) is 28.2. The minimum atomic E-state index is -0.415. The van der Waals surface area contributed by atoms with Crippen LogP contribution in [0.15, 0.2) is 121 Å². The lowest BCUT2D eigenvalue weighted by Crippen LogP contribution is -2.67. The van der Waals surface area contributed by atoms with Gasteiger partial charge in [0, 0.05) is 13.0 Å². The van der Waals surface area contributed by atoms with Crippen molar-refractivity contribution in [3.63, 3.8) is 0 Å². The van der Waals surface area contributed by atoms with E-state index in [1.54, 1.807) is 0 Å². The lowest BCUT2D eigenvalue weighted by Gasteiger charge is -2.56. The van der Waals surface area contributed by atoms with Crippen LogP contribution >= 0.6 is 0 Å². The summed E-state index contributed by atoms with van der Waals surface area (Å²) in [6.07, 6.45) is 10.3. The van der Waals surface area contributed by atoms with Crippen molar-refractivity contribution in [3.05, 3.63) is 144 Å². The molecule has 6 heteroatoms. The van der Waals surface area contributed by atoms with Crippen LogP contribution in [0.25, 0.3) is 0 Å². The summed E-state index contributed by atoms with van der Waals surface area (Å²) in [5.74, 6) is 10.1. The number of unbranched alkanes of at least 4 members (excludes halogenated alkanes) is 2. The zero-order chi connectivity index (χ0) is 38.5. The zero-order valence-electron chi connectivity index (χ0n) is 33.5. The predicted molar refractivity (Wildman–Crippen MR) is 225 cm³/mol. The van der Waals surface area contributed by atoms with Gasteiger partial charge in [0.2, 0.25) is 0 Å². The van der Waals surface area contributed by atoms with E-state index in [1.807, 2.05) is 36.4 Å². The highest BCUT2D eigenvalue weighted by molar-refractivity contribution is 5.20. The van der Waals surface area contributed by atoms with Gasteiger partial charge in [-0.3, -0.25) is 5.32 Å². The minimum absolute atomic E-state index is 0.188. The molecule has 1 aliphatic heterocycles. The predicted octanol–water partition coefficient (Wildman–Crippen LogP) is 9.71. The molecule has 5 fully saturated rings. The van der Waals surface area contributed by atoms with E-state index in [4.69, 9.17) is 23.7 Å². The smallest absolute Gasteiger partial charge is 0.114 e. The summed E-state index contributed by atoms with van der Waals surface area (Å²) in [6, 6.07) is 40.9. The summed E-state index contributed by atoms with van der Waals surface area (Å²) in [5.41, 5.74) is 4.92. The summed E-state index contributed by atoms with van der Waals surface area (Å²) in [6.45, 7) is 4.05. The Labute approximate surface area is 341 Å². The number of ether oxygens (including phenoxy) is 5. The van der Waals surface area contributed by atoms with Crippen molar-refractivity contribution < 1.29 is 23.7 Å². The van der Waals surface area contributed by atoms with Crippen molar-refractivity contribution in [3.8, 4) is 11.8 Å². The van der Waals surface area contributed by atoms with Crippen molar-refractivity contribution in [1.82, 2.24) is 5.32 Å². The lowest BCUT2D eigenvalue weighted by molar-refractivity contribution is -0.188. The number of nitrogens with one attached hydrogen (secondary N) is 1. The van der Waals surface area contributed by atoms with Gasteiger partial charge >= 0.3 is 0 Å². The van der Waals surface area contributed by atoms with Crippen LogP contribution in [0.2, 0.25) is 0 Å². The molecule has 1 heterocycles. The van der Waals surface area contributed by atoms with E-state index in [0.29, 0.717) is 38.4 Å². The summed E-state index contributed by atoms with van der Waals surface area (Å²) in [4.78, 5) is 0. The molecule has 1 N–H and O–H groups in total. The maximum absolute atomic E-state index is 6.93. The highest BCUT2D eigenvalue weighted by atomic mass is 16.6.